The Bertz CT molecular complexity index is 899. The number of ether oxygens (including phenoxy) is 1. The summed E-state index contributed by atoms with van der Waals surface area (Å²) in [5.74, 6) is 0.875. The van der Waals surface area contributed by atoms with Gasteiger partial charge in [0.2, 0.25) is 5.91 Å². The van der Waals surface area contributed by atoms with E-state index in [4.69, 9.17) is 4.74 Å². The summed E-state index contributed by atoms with van der Waals surface area (Å²) >= 11 is 0. The van der Waals surface area contributed by atoms with E-state index in [1.807, 2.05) is 48.9 Å². The third-order valence-corrected chi connectivity index (χ3v) is 4.26. The molecule has 1 amide bonds. The van der Waals surface area contributed by atoms with E-state index in [1.165, 1.54) is 0 Å². The van der Waals surface area contributed by atoms with Crippen LogP contribution in [0.3, 0.4) is 0 Å². The van der Waals surface area contributed by atoms with Crippen LogP contribution >= 0.6 is 0 Å². The van der Waals surface area contributed by atoms with E-state index in [1.54, 1.807) is 7.11 Å². The van der Waals surface area contributed by atoms with Crippen molar-refractivity contribution in [3.63, 3.8) is 0 Å². The molecule has 25 heavy (non-hydrogen) atoms. The third kappa shape index (κ3) is 4.18. The number of aromatic nitrogens is 2. The van der Waals surface area contributed by atoms with Crippen molar-refractivity contribution in [3.05, 3.63) is 59.4 Å². The number of hydrogen-bond acceptors (Lipinski definition) is 3. The minimum Gasteiger partial charge on any atom is -0.497 e. The molecule has 2 aromatic carbocycles. The Labute approximate surface area is 147 Å². The normalized spacial score (nSPS) is 10.8. The molecule has 0 spiro atoms. The molecule has 0 bridgehead atoms. The van der Waals surface area contributed by atoms with Crippen molar-refractivity contribution in [2.24, 2.45) is 0 Å². The number of carbonyl (C=O) groups excluding carboxylic acids is 1. The lowest BCUT2D eigenvalue weighted by Gasteiger charge is -2.08. The second kappa shape index (κ2) is 7.38. The van der Waals surface area contributed by atoms with Gasteiger partial charge in [0.1, 0.15) is 5.75 Å². The Morgan fingerprint density at radius 3 is 2.60 bits per heavy atom. The van der Waals surface area contributed by atoms with Gasteiger partial charge in [-0.25, -0.2) is 0 Å². The summed E-state index contributed by atoms with van der Waals surface area (Å²) in [6.45, 7) is 5.09. The van der Waals surface area contributed by atoms with Crippen molar-refractivity contribution in [2.75, 3.05) is 7.11 Å². The predicted molar refractivity (Wildman–Crippen MR) is 98.7 cm³/mol. The summed E-state index contributed by atoms with van der Waals surface area (Å²) in [5, 5.41) is 9.61. The first kappa shape index (κ1) is 17.0. The summed E-state index contributed by atoms with van der Waals surface area (Å²) in [7, 11) is 1.66. The first-order valence-electron chi connectivity index (χ1n) is 8.39. The fourth-order valence-electron chi connectivity index (χ4n) is 2.91. The zero-order valence-corrected chi connectivity index (χ0v) is 14.9. The fourth-order valence-corrected chi connectivity index (χ4v) is 2.91. The lowest BCUT2D eigenvalue weighted by molar-refractivity contribution is -0.121. The van der Waals surface area contributed by atoms with Crippen LogP contribution in [0.5, 0.6) is 5.75 Å². The molecule has 1 heterocycles. The quantitative estimate of drug-likeness (QED) is 0.750. The number of carbonyl (C=O) groups is 1. The highest BCUT2D eigenvalue weighted by atomic mass is 16.5. The van der Waals surface area contributed by atoms with Gasteiger partial charge in [-0.15, -0.1) is 0 Å². The lowest BCUT2D eigenvalue weighted by Crippen LogP contribution is -2.24. The summed E-state index contributed by atoms with van der Waals surface area (Å²) in [6, 6.07) is 14.2. The maximum atomic E-state index is 12.1. The SMILES string of the molecule is COc1ccc2cc(CNC(=O)CCn3nc(C)cc3C)ccc2c1. The molecule has 130 valence electrons. The van der Waals surface area contributed by atoms with E-state index in [-0.39, 0.29) is 5.91 Å². The van der Waals surface area contributed by atoms with Crippen LogP contribution < -0.4 is 10.1 Å². The van der Waals surface area contributed by atoms with Gasteiger partial charge in [0.25, 0.3) is 0 Å². The molecule has 0 aliphatic rings. The number of nitrogens with zero attached hydrogens (tertiary/aromatic N) is 2. The minimum absolute atomic E-state index is 0.0300. The lowest BCUT2D eigenvalue weighted by atomic mass is 10.1. The van der Waals surface area contributed by atoms with Crippen molar-refractivity contribution in [1.82, 2.24) is 15.1 Å². The molecule has 1 aromatic heterocycles. The molecular formula is C20H23N3O2. The zero-order valence-electron chi connectivity index (χ0n) is 14.9. The molecule has 0 saturated heterocycles. The Morgan fingerprint density at radius 2 is 1.88 bits per heavy atom. The molecule has 0 aliphatic heterocycles. The molecule has 0 unspecified atom stereocenters. The number of benzene rings is 2. The van der Waals surface area contributed by atoms with E-state index in [9.17, 15) is 4.79 Å². The van der Waals surface area contributed by atoms with Gasteiger partial charge < -0.3 is 10.1 Å². The Morgan fingerprint density at radius 1 is 1.12 bits per heavy atom. The molecule has 0 aliphatic carbocycles. The molecule has 1 N–H and O–H groups in total. The predicted octanol–water partition coefficient (Wildman–Crippen LogP) is 3.37. The molecule has 0 saturated carbocycles. The summed E-state index contributed by atoms with van der Waals surface area (Å²) in [5.41, 5.74) is 3.14. The van der Waals surface area contributed by atoms with Gasteiger partial charge in [0.05, 0.1) is 12.8 Å². The highest BCUT2D eigenvalue weighted by Gasteiger charge is 2.06. The van der Waals surface area contributed by atoms with E-state index < -0.39 is 0 Å². The maximum absolute atomic E-state index is 12.1. The van der Waals surface area contributed by atoms with Gasteiger partial charge in [-0.05, 0) is 54.4 Å². The minimum atomic E-state index is 0.0300. The molecule has 5 nitrogen and oxygen atoms in total. The van der Waals surface area contributed by atoms with Crippen molar-refractivity contribution >= 4 is 16.7 Å². The molecule has 3 rings (SSSR count). The van der Waals surface area contributed by atoms with Crippen LogP contribution in [0.4, 0.5) is 0 Å². The van der Waals surface area contributed by atoms with E-state index >= 15 is 0 Å². The maximum Gasteiger partial charge on any atom is 0.222 e. The number of fused-ring (bicyclic) bond motifs is 1. The van der Waals surface area contributed by atoms with Gasteiger partial charge >= 0.3 is 0 Å². The van der Waals surface area contributed by atoms with Gasteiger partial charge in [-0.1, -0.05) is 18.2 Å². The fraction of sp³-hybridized carbons (Fsp3) is 0.300. The smallest absolute Gasteiger partial charge is 0.222 e. The number of methoxy groups -OCH3 is 1. The Balaban J connectivity index is 1.56. The van der Waals surface area contributed by atoms with Gasteiger partial charge in [0.15, 0.2) is 0 Å². The molecule has 0 radical (unpaired) electrons. The van der Waals surface area contributed by atoms with Crippen molar-refractivity contribution in [1.29, 1.82) is 0 Å². The molecular weight excluding hydrogens is 314 g/mol. The average Bonchev–Trinajstić information content (AvgIpc) is 2.94. The topological polar surface area (TPSA) is 56.1 Å². The monoisotopic (exact) mass is 337 g/mol. The first-order chi connectivity index (χ1) is 12.0. The number of nitrogens with one attached hydrogen (secondary N) is 1. The largest absolute Gasteiger partial charge is 0.497 e. The summed E-state index contributed by atoms with van der Waals surface area (Å²) in [4.78, 5) is 12.1. The molecule has 5 heteroatoms. The van der Waals surface area contributed by atoms with E-state index in [2.05, 4.69) is 22.5 Å². The first-order valence-corrected chi connectivity index (χ1v) is 8.39. The van der Waals surface area contributed by atoms with Crippen LogP contribution in [-0.2, 0) is 17.9 Å². The van der Waals surface area contributed by atoms with Gasteiger partial charge in [-0.2, -0.15) is 5.10 Å². The van der Waals surface area contributed by atoms with Crippen molar-refractivity contribution < 1.29 is 9.53 Å². The Hall–Kier alpha value is -2.82. The number of rotatable bonds is 6. The van der Waals surface area contributed by atoms with Crippen LogP contribution in [0.25, 0.3) is 10.8 Å². The molecule has 0 fully saturated rings. The standard InChI is InChI=1S/C20H23N3O2/c1-14-10-15(2)23(22-14)9-8-20(24)21-13-16-4-5-18-12-19(25-3)7-6-17(18)11-16/h4-7,10-12H,8-9,13H2,1-3H3,(H,21,24). The van der Waals surface area contributed by atoms with E-state index in [0.717, 1.165) is 33.5 Å². The van der Waals surface area contributed by atoms with Crippen molar-refractivity contribution in [2.45, 2.75) is 33.4 Å². The zero-order chi connectivity index (χ0) is 17.8. The number of aryl methyl sites for hydroxylation is 3. The molecule has 3 aromatic rings. The highest BCUT2D eigenvalue weighted by Crippen LogP contribution is 2.21. The van der Waals surface area contributed by atoms with Crippen LogP contribution in [0.15, 0.2) is 42.5 Å². The second-order valence-corrected chi connectivity index (χ2v) is 6.22. The van der Waals surface area contributed by atoms with E-state index in [0.29, 0.717) is 19.5 Å². The summed E-state index contributed by atoms with van der Waals surface area (Å²) in [6.07, 6.45) is 0.423. The third-order valence-electron chi connectivity index (χ3n) is 4.26. The average molecular weight is 337 g/mol. The van der Waals surface area contributed by atoms with Crippen LogP contribution in [0.1, 0.15) is 23.4 Å². The second-order valence-electron chi connectivity index (χ2n) is 6.22. The van der Waals surface area contributed by atoms with Gasteiger partial charge in [0, 0.05) is 25.2 Å². The Kier molecular flexibility index (Phi) is 5.03. The van der Waals surface area contributed by atoms with Crippen molar-refractivity contribution in [3.8, 4) is 5.75 Å². The number of amides is 1. The number of hydrogen-bond donors (Lipinski definition) is 1. The summed E-state index contributed by atoms with van der Waals surface area (Å²) < 4.78 is 7.11. The highest BCUT2D eigenvalue weighted by molar-refractivity contribution is 5.84. The van der Waals surface area contributed by atoms with Gasteiger partial charge in [-0.3, -0.25) is 9.48 Å². The van der Waals surface area contributed by atoms with Crippen LogP contribution in [0.2, 0.25) is 0 Å². The van der Waals surface area contributed by atoms with Crippen LogP contribution in [-0.4, -0.2) is 22.8 Å². The molecule has 0 atom stereocenters. The van der Waals surface area contributed by atoms with Crippen LogP contribution in [0, 0.1) is 13.8 Å².